The fraction of sp³-hybridized carbons (Fsp3) is 0.385. The maximum Gasteiger partial charge on any atom is 0.298 e. The lowest BCUT2D eigenvalue weighted by atomic mass is 10.2. The fourth-order valence-corrected chi connectivity index (χ4v) is 1.78. The van der Waals surface area contributed by atoms with Gasteiger partial charge in [0.25, 0.3) is 6.01 Å². The molecule has 2 aromatic rings. The van der Waals surface area contributed by atoms with Crippen LogP contribution in [0.15, 0.2) is 22.6 Å². The van der Waals surface area contributed by atoms with Crippen LogP contribution in [0.5, 0.6) is 0 Å². The largest absolute Gasteiger partial charge is 0.423 e. The van der Waals surface area contributed by atoms with E-state index < -0.39 is 0 Å². The Bertz CT molecular complexity index is 584. The van der Waals surface area contributed by atoms with Gasteiger partial charge in [0, 0.05) is 24.8 Å². The van der Waals surface area contributed by atoms with Gasteiger partial charge in [-0.1, -0.05) is 0 Å². The first kappa shape index (κ1) is 12.2. The predicted molar refractivity (Wildman–Crippen MR) is 71.1 cm³/mol. The molecule has 0 aliphatic carbocycles. The Morgan fingerprint density at radius 2 is 2.33 bits per heavy atom. The summed E-state index contributed by atoms with van der Waals surface area (Å²) < 4.78 is 5.67. The van der Waals surface area contributed by atoms with E-state index in [1.165, 1.54) is 0 Å². The highest BCUT2D eigenvalue weighted by Crippen LogP contribution is 2.24. The zero-order valence-corrected chi connectivity index (χ0v) is 10.6. The van der Waals surface area contributed by atoms with Crippen molar-refractivity contribution in [3.8, 4) is 6.07 Å². The highest BCUT2D eigenvalue weighted by molar-refractivity contribution is 5.78. The molecule has 5 nitrogen and oxygen atoms in total. The minimum Gasteiger partial charge on any atom is -0.423 e. The summed E-state index contributed by atoms with van der Waals surface area (Å²) in [4.78, 5) is 6.36. The maximum atomic E-state index is 8.86. The van der Waals surface area contributed by atoms with E-state index in [0.717, 1.165) is 12.1 Å². The molecule has 0 saturated heterocycles. The minimum atomic E-state index is -0.0648. The lowest BCUT2D eigenvalue weighted by Gasteiger charge is -2.19. The molecule has 0 fully saturated rings. The molecule has 2 rings (SSSR count). The number of anilines is 2. The Morgan fingerprint density at radius 3 is 3.00 bits per heavy atom. The first-order chi connectivity index (χ1) is 8.63. The Hall–Kier alpha value is -2.22. The maximum absolute atomic E-state index is 8.86. The smallest absolute Gasteiger partial charge is 0.298 e. The lowest BCUT2D eigenvalue weighted by molar-refractivity contribution is 0.552. The van der Waals surface area contributed by atoms with Crippen LogP contribution in [0, 0.1) is 17.2 Å². The normalized spacial score (nSPS) is 12.3. The first-order valence-corrected chi connectivity index (χ1v) is 5.94. The molecule has 1 aromatic carbocycles. The van der Waals surface area contributed by atoms with Crippen molar-refractivity contribution in [1.82, 2.24) is 4.98 Å². The number of oxazole rings is 1. The SMILES string of the molecule is CCN(CC(C)C#N)c1nc2ccc(N)cc2o1. The van der Waals surface area contributed by atoms with Gasteiger partial charge < -0.3 is 15.1 Å². The van der Waals surface area contributed by atoms with Gasteiger partial charge in [-0.05, 0) is 26.0 Å². The summed E-state index contributed by atoms with van der Waals surface area (Å²) in [5.74, 6) is -0.0648. The van der Waals surface area contributed by atoms with E-state index in [1.54, 1.807) is 12.1 Å². The molecule has 5 heteroatoms. The van der Waals surface area contributed by atoms with Crippen LogP contribution in [0.25, 0.3) is 11.1 Å². The molecule has 1 atom stereocenters. The fourth-order valence-electron chi connectivity index (χ4n) is 1.78. The summed E-state index contributed by atoms with van der Waals surface area (Å²) in [7, 11) is 0. The third-order valence-corrected chi connectivity index (χ3v) is 2.77. The molecule has 2 N–H and O–H groups in total. The number of fused-ring (bicyclic) bond motifs is 1. The number of benzene rings is 1. The van der Waals surface area contributed by atoms with Gasteiger partial charge in [0.2, 0.25) is 0 Å². The lowest BCUT2D eigenvalue weighted by Crippen LogP contribution is -2.27. The average Bonchev–Trinajstić information content (AvgIpc) is 2.78. The van der Waals surface area contributed by atoms with Crippen LogP contribution in [0.4, 0.5) is 11.7 Å². The summed E-state index contributed by atoms with van der Waals surface area (Å²) in [5.41, 5.74) is 7.81. The van der Waals surface area contributed by atoms with Gasteiger partial charge in [-0.3, -0.25) is 0 Å². The Kier molecular flexibility index (Phi) is 3.38. The van der Waals surface area contributed by atoms with Crippen LogP contribution >= 0.6 is 0 Å². The summed E-state index contributed by atoms with van der Waals surface area (Å²) in [5, 5.41) is 8.86. The summed E-state index contributed by atoms with van der Waals surface area (Å²) in [6.07, 6.45) is 0. The van der Waals surface area contributed by atoms with Crippen LogP contribution in [0.1, 0.15) is 13.8 Å². The second-order valence-corrected chi connectivity index (χ2v) is 4.29. The van der Waals surface area contributed by atoms with E-state index in [1.807, 2.05) is 24.8 Å². The number of aromatic nitrogens is 1. The van der Waals surface area contributed by atoms with Crippen LogP contribution in [0.2, 0.25) is 0 Å². The van der Waals surface area contributed by atoms with Crippen molar-refractivity contribution in [2.45, 2.75) is 13.8 Å². The zero-order chi connectivity index (χ0) is 13.1. The number of nitriles is 1. The van der Waals surface area contributed by atoms with Crippen LogP contribution in [0.3, 0.4) is 0 Å². The van der Waals surface area contributed by atoms with Crippen molar-refractivity contribution in [1.29, 1.82) is 5.26 Å². The standard InChI is InChI=1S/C13H16N4O/c1-3-17(8-9(2)7-14)13-16-11-5-4-10(15)6-12(11)18-13/h4-6,9H,3,8,15H2,1-2H3. The number of nitrogen functional groups attached to an aromatic ring is 1. The van der Waals surface area contributed by atoms with Crippen molar-refractivity contribution >= 4 is 22.8 Å². The third kappa shape index (κ3) is 2.38. The van der Waals surface area contributed by atoms with Crippen LogP contribution < -0.4 is 10.6 Å². The second kappa shape index (κ2) is 4.96. The molecule has 0 amide bonds. The van der Waals surface area contributed by atoms with E-state index in [2.05, 4.69) is 11.1 Å². The summed E-state index contributed by atoms with van der Waals surface area (Å²) in [6.45, 7) is 5.24. The molecule has 0 bridgehead atoms. The van der Waals surface area contributed by atoms with E-state index in [9.17, 15) is 0 Å². The summed E-state index contributed by atoms with van der Waals surface area (Å²) in [6, 6.07) is 8.14. The molecule has 0 aliphatic heterocycles. The van der Waals surface area contributed by atoms with Gasteiger partial charge in [-0.2, -0.15) is 10.2 Å². The number of rotatable bonds is 4. The molecule has 1 heterocycles. The van der Waals surface area contributed by atoms with Crippen molar-refractivity contribution in [2.75, 3.05) is 23.7 Å². The molecule has 94 valence electrons. The third-order valence-electron chi connectivity index (χ3n) is 2.77. The Balaban J connectivity index is 2.31. The van der Waals surface area contributed by atoms with E-state index >= 15 is 0 Å². The molecule has 0 spiro atoms. The monoisotopic (exact) mass is 244 g/mol. The Morgan fingerprint density at radius 1 is 1.56 bits per heavy atom. The molecular formula is C13H16N4O. The number of hydrogen-bond donors (Lipinski definition) is 1. The molecule has 0 radical (unpaired) electrons. The van der Waals surface area contributed by atoms with Crippen molar-refractivity contribution < 1.29 is 4.42 Å². The Labute approximate surface area is 106 Å². The van der Waals surface area contributed by atoms with E-state index in [0.29, 0.717) is 23.8 Å². The van der Waals surface area contributed by atoms with Gasteiger partial charge in [0.15, 0.2) is 5.58 Å². The predicted octanol–water partition coefficient (Wildman–Crippen LogP) is 2.40. The van der Waals surface area contributed by atoms with Crippen LogP contribution in [-0.4, -0.2) is 18.1 Å². The topological polar surface area (TPSA) is 79.1 Å². The highest BCUT2D eigenvalue weighted by Gasteiger charge is 2.15. The average molecular weight is 244 g/mol. The van der Waals surface area contributed by atoms with Gasteiger partial charge in [-0.15, -0.1) is 0 Å². The molecule has 1 aromatic heterocycles. The van der Waals surface area contributed by atoms with Crippen molar-refractivity contribution in [3.05, 3.63) is 18.2 Å². The van der Waals surface area contributed by atoms with Gasteiger partial charge in [0.05, 0.1) is 12.0 Å². The zero-order valence-electron chi connectivity index (χ0n) is 10.6. The van der Waals surface area contributed by atoms with Gasteiger partial charge in [0.1, 0.15) is 5.52 Å². The number of hydrogen-bond acceptors (Lipinski definition) is 5. The first-order valence-electron chi connectivity index (χ1n) is 5.94. The van der Waals surface area contributed by atoms with Crippen molar-refractivity contribution in [3.63, 3.8) is 0 Å². The molecular weight excluding hydrogens is 228 g/mol. The molecule has 0 saturated carbocycles. The summed E-state index contributed by atoms with van der Waals surface area (Å²) >= 11 is 0. The second-order valence-electron chi connectivity index (χ2n) is 4.29. The highest BCUT2D eigenvalue weighted by atomic mass is 16.4. The minimum absolute atomic E-state index is 0.0648. The van der Waals surface area contributed by atoms with E-state index in [-0.39, 0.29) is 5.92 Å². The number of nitrogens with two attached hydrogens (primary N) is 1. The molecule has 1 unspecified atom stereocenters. The van der Waals surface area contributed by atoms with Crippen LogP contribution in [-0.2, 0) is 0 Å². The molecule has 0 aliphatic rings. The van der Waals surface area contributed by atoms with Gasteiger partial charge >= 0.3 is 0 Å². The van der Waals surface area contributed by atoms with E-state index in [4.69, 9.17) is 15.4 Å². The molecule has 18 heavy (non-hydrogen) atoms. The van der Waals surface area contributed by atoms with Crippen molar-refractivity contribution in [2.24, 2.45) is 5.92 Å². The number of nitrogens with zero attached hydrogens (tertiary/aromatic N) is 3. The van der Waals surface area contributed by atoms with Gasteiger partial charge in [-0.25, -0.2) is 0 Å². The quantitative estimate of drug-likeness (QED) is 0.835.